The van der Waals surface area contributed by atoms with Crippen molar-refractivity contribution in [2.75, 3.05) is 13.1 Å². The molecule has 0 saturated carbocycles. The Labute approximate surface area is 146 Å². The van der Waals surface area contributed by atoms with Gasteiger partial charge < -0.3 is 0 Å². The first-order valence-electron chi connectivity index (χ1n) is 8.82. The van der Waals surface area contributed by atoms with Gasteiger partial charge in [0.05, 0.1) is 16.9 Å². The molecule has 2 aromatic heterocycles. The van der Waals surface area contributed by atoms with E-state index in [0.717, 1.165) is 43.7 Å². The van der Waals surface area contributed by atoms with Gasteiger partial charge in [0.1, 0.15) is 5.82 Å². The average Bonchev–Trinajstić information content (AvgIpc) is 3.25. The van der Waals surface area contributed by atoms with E-state index in [9.17, 15) is 4.79 Å². The van der Waals surface area contributed by atoms with Gasteiger partial charge in [-0.3, -0.25) is 18.9 Å². The molecular weight excluding hydrogens is 314 g/mol. The van der Waals surface area contributed by atoms with Crippen LogP contribution in [-0.4, -0.2) is 37.3 Å². The molecule has 0 spiro atoms. The second kappa shape index (κ2) is 6.44. The van der Waals surface area contributed by atoms with Crippen LogP contribution in [0, 0.1) is 0 Å². The standard InChI is InChI=1S/C19H23N5O/c1-22-18(21-16-7-4-3-6-15(16)19(22)25)17-8-5-12-24(17)13-10-14-9-11-20-23(14)2/h3-4,6-7,9,11,17H,5,8,10,12-13H2,1-2H3. The Bertz CT molecular complexity index is 958. The van der Waals surface area contributed by atoms with E-state index in [1.54, 1.807) is 4.57 Å². The number of aryl methyl sites for hydroxylation is 1. The Hall–Kier alpha value is -2.47. The van der Waals surface area contributed by atoms with E-state index < -0.39 is 0 Å². The van der Waals surface area contributed by atoms with Gasteiger partial charge in [0.25, 0.3) is 5.56 Å². The predicted octanol–water partition coefficient (Wildman–Crippen LogP) is 2.05. The summed E-state index contributed by atoms with van der Waals surface area (Å²) in [5.41, 5.74) is 2.06. The van der Waals surface area contributed by atoms with Crippen molar-refractivity contribution in [3.63, 3.8) is 0 Å². The van der Waals surface area contributed by atoms with Gasteiger partial charge in [-0.2, -0.15) is 5.10 Å². The van der Waals surface area contributed by atoms with Crippen LogP contribution in [0.1, 0.15) is 30.4 Å². The van der Waals surface area contributed by atoms with Gasteiger partial charge in [-0.15, -0.1) is 0 Å². The number of para-hydroxylation sites is 1. The smallest absolute Gasteiger partial charge is 0.261 e. The van der Waals surface area contributed by atoms with E-state index in [0.29, 0.717) is 5.39 Å². The topological polar surface area (TPSA) is 56.0 Å². The van der Waals surface area contributed by atoms with Crippen LogP contribution in [0.25, 0.3) is 10.9 Å². The normalized spacial score (nSPS) is 18.2. The average molecular weight is 337 g/mol. The monoisotopic (exact) mass is 337 g/mol. The molecule has 0 bridgehead atoms. The molecule has 1 saturated heterocycles. The highest BCUT2D eigenvalue weighted by Gasteiger charge is 2.29. The van der Waals surface area contributed by atoms with Gasteiger partial charge in [0, 0.05) is 39.0 Å². The molecular formula is C19H23N5O. The molecule has 3 aromatic rings. The Balaban J connectivity index is 1.64. The quantitative estimate of drug-likeness (QED) is 0.731. The first-order chi connectivity index (χ1) is 12.1. The molecule has 4 rings (SSSR count). The molecule has 1 aromatic carbocycles. The van der Waals surface area contributed by atoms with Gasteiger partial charge in [-0.1, -0.05) is 12.1 Å². The third-order valence-corrected chi connectivity index (χ3v) is 5.26. The molecule has 0 radical (unpaired) electrons. The Morgan fingerprint density at radius 2 is 2.04 bits per heavy atom. The zero-order chi connectivity index (χ0) is 17.4. The van der Waals surface area contributed by atoms with Gasteiger partial charge in [0.15, 0.2) is 0 Å². The SMILES string of the molecule is Cn1nccc1CCN1CCCC1c1nc2ccccc2c(=O)n1C. The largest absolute Gasteiger partial charge is 0.298 e. The minimum atomic E-state index is 0.0408. The summed E-state index contributed by atoms with van der Waals surface area (Å²) in [4.78, 5) is 20.0. The maximum Gasteiger partial charge on any atom is 0.261 e. The second-order valence-electron chi connectivity index (χ2n) is 6.74. The van der Waals surface area contributed by atoms with Crippen molar-refractivity contribution in [3.05, 3.63) is 58.4 Å². The van der Waals surface area contributed by atoms with Crippen molar-refractivity contribution < 1.29 is 0 Å². The highest BCUT2D eigenvalue weighted by atomic mass is 16.1. The van der Waals surface area contributed by atoms with Crippen LogP contribution in [0.2, 0.25) is 0 Å². The molecule has 6 nitrogen and oxygen atoms in total. The third-order valence-electron chi connectivity index (χ3n) is 5.26. The van der Waals surface area contributed by atoms with Crippen molar-refractivity contribution in [1.82, 2.24) is 24.2 Å². The third kappa shape index (κ3) is 2.87. The summed E-state index contributed by atoms with van der Waals surface area (Å²) < 4.78 is 3.66. The van der Waals surface area contributed by atoms with E-state index in [1.807, 2.05) is 49.2 Å². The zero-order valence-corrected chi connectivity index (χ0v) is 14.7. The summed E-state index contributed by atoms with van der Waals surface area (Å²) in [6, 6.07) is 9.87. The lowest BCUT2D eigenvalue weighted by Gasteiger charge is -2.25. The molecule has 0 N–H and O–H groups in total. The summed E-state index contributed by atoms with van der Waals surface area (Å²) in [5.74, 6) is 0.881. The predicted molar refractivity (Wildman–Crippen MR) is 97.4 cm³/mol. The summed E-state index contributed by atoms with van der Waals surface area (Å²) >= 11 is 0. The number of rotatable bonds is 4. The molecule has 1 unspecified atom stereocenters. The number of benzene rings is 1. The van der Waals surface area contributed by atoms with Crippen LogP contribution in [0.3, 0.4) is 0 Å². The van der Waals surface area contributed by atoms with Crippen molar-refractivity contribution in [1.29, 1.82) is 0 Å². The molecule has 1 atom stereocenters. The van der Waals surface area contributed by atoms with Crippen LogP contribution in [0.15, 0.2) is 41.3 Å². The first-order valence-corrected chi connectivity index (χ1v) is 8.82. The Morgan fingerprint density at radius 3 is 2.84 bits per heavy atom. The van der Waals surface area contributed by atoms with E-state index in [2.05, 4.69) is 16.1 Å². The maximum atomic E-state index is 12.7. The number of likely N-dealkylation sites (tertiary alicyclic amines) is 1. The highest BCUT2D eigenvalue weighted by molar-refractivity contribution is 5.77. The lowest BCUT2D eigenvalue weighted by molar-refractivity contribution is 0.245. The summed E-state index contributed by atoms with van der Waals surface area (Å²) in [5, 5.41) is 4.93. The van der Waals surface area contributed by atoms with Crippen LogP contribution >= 0.6 is 0 Å². The lowest BCUT2D eigenvalue weighted by atomic mass is 10.1. The van der Waals surface area contributed by atoms with Crippen molar-refractivity contribution in [2.45, 2.75) is 25.3 Å². The fraction of sp³-hybridized carbons (Fsp3) is 0.421. The van der Waals surface area contributed by atoms with Crippen LogP contribution in [-0.2, 0) is 20.5 Å². The van der Waals surface area contributed by atoms with Crippen LogP contribution in [0.5, 0.6) is 0 Å². The number of aromatic nitrogens is 4. The first kappa shape index (κ1) is 16.0. The number of nitrogens with zero attached hydrogens (tertiary/aromatic N) is 5. The molecule has 130 valence electrons. The van der Waals surface area contributed by atoms with Gasteiger partial charge >= 0.3 is 0 Å². The van der Waals surface area contributed by atoms with Gasteiger partial charge in [0.2, 0.25) is 0 Å². The number of hydrogen-bond donors (Lipinski definition) is 0. The van der Waals surface area contributed by atoms with Crippen molar-refractivity contribution >= 4 is 10.9 Å². The molecule has 3 heterocycles. The number of hydrogen-bond acceptors (Lipinski definition) is 4. The highest BCUT2D eigenvalue weighted by Crippen LogP contribution is 2.30. The summed E-state index contributed by atoms with van der Waals surface area (Å²) in [7, 11) is 3.82. The molecule has 0 aliphatic carbocycles. The van der Waals surface area contributed by atoms with Crippen molar-refractivity contribution in [3.8, 4) is 0 Å². The van der Waals surface area contributed by atoms with Gasteiger partial charge in [-0.05, 0) is 37.6 Å². The fourth-order valence-corrected chi connectivity index (χ4v) is 3.82. The molecule has 1 fully saturated rings. The Kier molecular flexibility index (Phi) is 4.13. The lowest BCUT2D eigenvalue weighted by Crippen LogP contribution is -2.32. The zero-order valence-electron chi connectivity index (χ0n) is 14.7. The van der Waals surface area contributed by atoms with E-state index in [-0.39, 0.29) is 11.6 Å². The minimum absolute atomic E-state index is 0.0408. The summed E-state index contributed by atoms with van der Waals surface area (Å²) in [6.07, 6.45) is 4.97. The minimum Gasteiger partial charge on any atom is -0.298 e. The number of fused-ring (bicyclic) bond motifs is 1. The van der Waals surface area contributed by atoms with Crippen LogP contribution in [0.4, 0.5) is 0 Å². The van der Waals surface area contributed by atoms with E-state index >= 15 is 0 Å². The molecule has 1 aliphatic rings. The molecule has 1 aliphatic heterocycles. The fourth-order valence-electron chi connectivity index (χ4n) is 3.82. The molecule has 25 heavy (non-hydrogen) atoms. The maximum absolute atomic E-state index is 12.7. The van der Waals surface area contributed by atoms with E-state index in [4.69, 9.17) is 4.98 Å². The molecule has 0 amide bonds. The van der Waals surface area contributed by atoms with Crippen molar-refractivity contribution in [2.24, 2.45) is 14.1 Å². The summed E-state index contributed by atoms with van der Waals surface area (Å²) in [6.45, 7) is 2.00. The Morgan fingerprint density at radius 1 is 1.20 bits per heavy atom. The second-order valence-corrected chi connectivity index (χ2v) is 6.74. The molecule has 6 heteroatoms. The van der Waals surface area contributed by atoms with Crippen LogP contribution < -0.4 is 5.56 Å². The van der Waals surface area contributed by atoms with Gasteiger partial charge in [-0.25, -0.2) is 4.98 Å². The van der Waals surface area contributed by atoms with E-state index in [1.165, 1.54) is 5.69 Å².